The van der Waals surface area contributed by atoms with Gasteiger partial charge in [-0.05, 0) is 39.8 Å². The van der Waals surface area contributed by atoms with E-state index in [1.54, 1.807) is 0 Å². The smallest absolute Gasteiger partial charge is 0.237 e. The van der Waals surface area contributed by atoms with E-state index in [4.69, 9.17) is 4.74 Å². The van der Waals surface area contributed by atoms with E-state index >= 15 is 0 Å². The summed E-state index contributed by atoms with van der Waals surface area (Å²) in [6, 6.07) is -0.0582. The van der Waals surface area contributed by atoms with Crippen LogP contribution in [-0.2, 0) is 9.53 Å². The Hall–Kier alpha value is -0.650. The number of carbonyl (C=O) groups is 1. The van der Waals surface area contributed by atoms with Crippen LogP contribution in [0.25, 0.3) is 0 Å². The molecule has 1 saturated heterocycles. The average molecular weight is 311 g/mol. The summed E-state index contributed by atoms with van der Waals surface area (Å²) in [5.74, 6) is 0.868. The molecule has 5 nitrogen and oxygen atoms in total. The van der Waals surface area contributed by atoms with Gasteiger partial charge in [0.2, 0.25) is 5.91 Å². The first-order chi connectivity index (χ1) is 10.6. The largest absolute Gasteiger partial charge is 0.374 e. The lowest BCUT2D eigenvalue weighted by Crippen LogP contribution is -2.54. The summed E-state index contributed by atoms with van der Waals surface area (Å²) >= 11 is 0. The molecule has 0 radical (unpaired) electrons. The van der Waals surface area contributed by atoms with Crippen molar-refractivity contribution < 1.29 is 9.53 Å². The first kappa shape index (κ1) is 17.7. The number of nitrogens with zero attached hydrogens (tertiary/aromatic N) is 2. The quantitative estimate of drug-likeness (QED) is 0.804. The van der Waals surface area contributed by atoms with E-state index in [1.165, 1.54) is 32.1 Å². The van der Waals surface area contributed by atoms with E-state index in [-0.39, 0.29) is 18.1 Å². The number of carbonyl (C=O) groups excluding carboxylic acids is 1. The van der Waals surface area contributed by atoms with Crippen LogP contribution in [0.1, 0.15) is 39.0 Å². The Morgan fingerprint density at radius 3 is 2.73 bits per heavy atom. The first-order valence-corrected chi connectivity index (χ1v) is 8.84. The second-order valence-electron chi connectivity index (χ2n) is 7.18. The number of hydrogen-bond donors (Lipinski definition) is 1. The molecule has 1 heterocycles. The average Bonchev–Trinajstić information content (AvgIpc) is 2.52. The third kappa shape index (κ3) is 5.52. The minimum absolute atomic E-state index is 0.0582. The number of nitrogens with one attached hydrogen (secondary N) is 1. The molecule has 0 aromatic heterocycles. The lowest BCUT2D eigenvalue weighted by Gasteiger charge is -2.37. The summed E-state index contributed by atoms with van der Waals surface area (Å²) in [4.78, 5) is 16.8. The van der Waals surface area contributed by atoms with Gasteiger partial charge in [0, 0.05) is 26.2 Å². The Balaban J connectivity index is 1.74. The zero-order valence-corrected chi connectivity index (χ0v) is 14.5. The van der Waals surface area contributed by atoms with Crippen molar-refractivity contribution in [2.24, 2.45) is 5.92 Å². The molecule has 0 bridgehead atoms. The second-order valence-corrected chi connectivity index (χ2v) is 7.18. The van der Waals surface area contributed by atoms with Gasteiger partial charge >= 0.3 is 0 Å². The van der Waals surface area contributed by atoms with E-state index in [2.05, 4.69) is 29.2 Å². The highest BCUT2D eigenvalue weighted by atomic mass is 16.5. The fraction of sp³-hybridized carbons (Fsp3) is 0.941. The van der Waals surface area contributed by atoms with E-state index < -0.39 is 0 Å². The zero-order chi connectivity index (χ0) is 15.9. The highest BCUT2D eigenvalue weighted by molar-refractivity contribution is 5.81. The fourth-order valence-corrected chi connectivity index (χ4v) is 3.56. The maximum atomic E-state index is 12.4. The molecule has 128 valence electrons. The summed E-state index contributed by atoms with van der Waals surface area (Å²) in [5, 5.41) is 3.17. The summed E-state index contributed by atoms with van der Waals surface area (Å²) in [6.07, 6.45) is 6.77. The van der Waals surface area contributed by atoms with Gasteiger partial charge in [0.1, 0.15) is 0 Å². The molecule has 2 fully saturated rings. The molecule has 0 spiro atoms. The molecule has 0 aromatic rings. The van der Waals surface area contributed by atoms with Crippen LogP contribution >= 0.6 is 0 Å². The Morgan fingerprint density at radius 1 is 1.32 bits per heavy atom. The standard InChI is InChI=1S/C17H33N3O2/c1-14(17(21)18-11-15-7-5-4-6-8-15)20-9-10-22-16(13-20)12-19(2)3/h14-16H,4-13H2,1-3H3,(H,18,21). The number of hydrogen-bond acceptors (Lipinski definition) is 4. The SMILES string of the molecule is CC(C(=O)NCC1CCCCC1)N1CCOC(CN(C)C)C1. The van der Waals surface area contributed by atoms with Crippen LogP contribution in [0.15, 0.2) is 0 Å². The minimum atomic E-state index is -0.0582. The fourth-order valence-electron chi connectivity index (χ4n) is 3.56. The van der Waals surface area contributed by atoms with Crippen LogP contribution < -0.4 is 5.32 Å². The first-order valence-electron chi connectivity index (χ1n) is 8.84. The Labute approximate surface area is 135 Å². The van der Waals surface area contributed by atoms with Crippen molar-refractivity contribution in [1.82, 2.24) is 15.1 Å². The molecule has 1 N–H and O–H groups in total. The molecular weight excluding hydrogens is 278 g/mol. The van der Waals surface area contributed by atoms with Crippen molar-refractivity contribution in [2.75, 3.05) is 46.9 Å². The Kier molecular flexibility index (Phi) is 7.12. The van der Waals surface area contributed by atoms with Crippen molar-refractivity contribution in [3.63, 3.8) is 0 Å². The van der Waals surface area contributed by atoms with Gasteiger partial charge in [-0.3, -0.25) is 9.69 Å². The Bertz CT molecular complexity index is 343. The van der Waals surface area contributed by atoms with Crippen molar-refractivity contribution in [2.45, 2.75) is 51.2 Å². The summed E-state index contributed by atoms with van der Waals surface area (Å²) in [6.45, 7) is 6.20. The van der Waals surface area contributed by atoms with Crippen molar-refractivity contribution in [1.29, 1.82) is 0 Å². The lowest BCUT2D eigenvalue weighted by atomic mass is 9.89. The molecule has 0 aromatic carbocycles. The molecule has 1 amide bonds. The summed E-state index contributed by atoms with van der Waals surface area (Å²) < 4.78 is 5.79. The summed E-state index contributed by atoms with van der Waals surface area (Å²) in [5.41, 5.74) is 0. The molecule has 2 aliphatic rings. The second kappa shape index (κ2) is 8.85. The predicted molar refractivity (Wildman–Crippen MR) is 88.9 cm³/mol. The van der Waals surface area contributed by atoms with Gasteiger partial charge in [-0.15, -0.1) is 0 Å². The van der Waals surface area contributed by atoms with Crippen LogP contribution in [0.4, 0.5) is 0 Å². The number of likely N-dealkylation sites (N-methyl/N-ethyl adjacent to an activating group) is 1. The maximum Gasteiger partial charge on any atom is 0.237 e. The summed E-state index contributed by atoms with van der Waals surface area (Å²) in [7, 11) is 4.12. The van der Waals surface area contributed by atoms with Gasteiger partial charge in [-0.25, -0.2) is 0 Å². The number of ether oxygens (including phenoxy) is 1. The number of morpholine rings is 1. The number of rotatable bonds is 6. The molecule has 1 saturated carbocycles. The Morgan fingerprint density at radius 2 is 2.05 bits per heavy atom. The van der Waals surface area contributed by atoms with Crippen molar-refractivity contribution in [3.8, 4) is 0 Å². The molecule has 2 unspecified atom stereocenters. The molecule has 22 heavy (non-hydrogen) atoms. The van der Waals surface area contributed by atoms with E-state index in [0.717, 1.165) is 32.8 Å². The van der Waals surface area contributed by atoms with Gasteiger partial charge in [0.25, 0.3) is 0 Å². The topological polar surface area (TPSA) is 44.8 Å². The van der Waals surface area contributed by atoms with E-state index in [1.807, 2.05) is 6.92 Å². The number of amides is 1. The zero-order valence-electron chi connectivity index (χ0n) is 14.5. The van der Waals surface area contributed by atoms with Gasteiger partial charge in [-0.2, -0.15) is 0 Å². The van der Waals surface area contributed by atoms with Crippen LogP contribution in [0.5, 0.6) is 0 Å². The van der Waals surface area contributed by atoms with Gasteiger partial charge in [-0.1, -0.05) is 19.3 Å². The highest BCUT2D eigenvalue weighted by Gasteiger charge is 2.28. The normalized spacial score (nSPS) is 26.1. The van der Waals surface area contributed by atoms with Crippen molar-refractivity contribution >= 4 is 5.91 Å². The molecule has 2 atom stereocenters. The molecule has 5 heteroatoms. The predicted octanol–water partition coefficient (Wildman–Crippen LogP) is 1.33. The molecular formula is C17H33N3O2. The monoisotopic (exact) mass is 311 g/mol. The van der Waals surface area contributed by atoms with E-state index in [9.17, 15) is 4.79 Å². The van der Waals surface area contributed by atoms with Crippen LogP contribution in [0.2, 0.25) is 0 Å². The maximum absolute atomic E-state index is 12.4. The lowest BCUT2D eigenvalue weighted by molar-refractivity contribution is -0.129. The van der Waals surface area contributed by atoms with Crippen LogP contribution in [-0.4, -0.2) is 74.7 Å². The van der Waals surface area contributed by atoms with Crippen LogP contribution in [0, 0.1) is 5.92 Å². The van der Waals surface area contributed by atoms with E-state index in [0.29, 0.717) is 5.92 Å². The van der Waals surface area contributed by atoms with Crippen molar-refractivity contribution in [3.05, 3.63) is 0 Å². The molecule has 2 rings (SSSR count). The molecule has 1 aliphatic heterocycles. The third-order valence-electron chi connectivity index (χ3n) is 4.96. The minimum Gasteiger partial charge on any atom is -0.374 e. The third-order valence-corrected chi connectivity index (χ3v) is 4.96. The van der Waals surface area contributed by atoms with Crippen LogP contribution in [0.3, 0.4) is 0 Å². The molecule has 1 aliphatic carbocycles. The van der Waals surface area contributed by atoms with Gasteiger partial charge in [0.05, 0.1) is 18.8 Å². The highest BCUT2D eigenvalue weighted by Crippen LogP contribution is 2.22. The van der Waals surface area contributed by atoms with Gasteiger partial charge < -0.3 is 15.0 Å². The van der Waals surface area contributed by atoms with Gasteiger partial charge in [0.15, 0.2) is 0 Å².